The molecule has 1 unspecified atom stereocenters. The molecule has 2 heterocycles. The molecule has 0 radical (unpaired) electrons. The third-order valence-electron chi connectivity index (χ3n) is 9.17. The minimum atomic E-state index is -1.09. The zero-order valence-corrected chi connectivity index (χ0v) is 28.3. The normalized spacial score (nSPS) is 19.9. The number of likely N-dealkylation sites (tertiary alicyclic amines) is 2. The molecular weight excluding hydrogens is 628 g/mol. The first kappa shape index (κ1) is 37.0. The molecule has 2 aliphatic rings. The fourth-order valence-corrected chi connectivity index (χ4v) is 6.48. The molecule has 6 N–H and O–H groups in total. The van der Waals surface area contributed by atoms with E-state index in [1.807, 2.05) is 60.7 Å². The number of nitrogens with one attached hydrogen (secondary N) is 3. The zero-order chi connectivity index (χ0) is 35.7. The van der Waals surface area contributed by atoms with Gasteiger partial charge in [0.25, 0.3) is 0 Å². The van der Waals surface area contributed by atoms with Crippen LogP contribution in [0.2, 0.25) is 0 Å². The van der Waals surface area contributed by atoms with E-state index < -0.39 is 71.8 Å². The standard InChI is InChI=1S/C36H48N6O7/c1-22(2)30(40-31(43)26(37)20-24-12-6-4-7-13-24)33(45)38-23(3)34(46)41-18-10-16-28(41)32(44)39-27(21-25-14-8-5-9-15-25)35(47)42-19-11-17-29(42)36(48)49/h4-9,12-15,22-23,26-30H,10-11,16-21,37H2,1-3H3,(H,38,45)(H,39,44)(H,40,43)(H,48,49)/t23-,26-,27-,28-,29?,30-/m0/s1. The summed E-state index contributed by atoms with van der Waals surface area (Å²) in [5.74, 6) is -3.92. The van der Waals surface area contributed by atoms with Crippen LogP contribution in [0.1, 0.15) is 57.6 Å². The van der Waals surface area contributed by atoms with Crippen LogP contribution in [0, 0.1) is 5.92 Å². The van der Waals surface area contributed by atoms with Crippen LogP contribution in [0.4, 0.5) is 0 Å². The Labute approximate surface area is 287 Å². The molecule has 0 aliphatic carbocycles. The van der Waals surface area contributed by atoms with Crippen molar-refractivity contribution in [3.05, 3.63) is 71.8 Å². The maximum Gasteiger partial charge on any atom is 0.326 e. The fourth-order valence-electron chi connectivity index (χ4n) is 6.48. The highest BCUT2D eigenvalue weighted by atomic mass is 16.4. The van der Waals surface area contributed by atoms with Crippen LogP contribution in [0.15, 0.2) is 60.7 Å². The molecule has 0 bridgehead atoms. The van der Waals surface area contributed by atoms with Crippen molar-refractivity contribution in [2.24, 2.45) is 11.7 Å². The van der Waals surface area contributed by atoms with Crippen molar-refractivity contribution in [1.29, 1.82) is 0 Å². The number of nitrogens with zero attached hydrogens (tertiary/aromatic N) is 2. The Bertz CT molecular complexity index is 1490. The van der Waals surface area contributed by atoms with Gasteiger partial charge in [0.15, 0.2) is 0 Å². The summed E-state index contributed by atoms with van der Waals surface area (Å²) in [6, 6.07) is 12.7. The van der Waals surface area contributed by atoms with Crippen molar-refractivity contribution in [2.45, 2.75) is 95.5 Å². The topological polar surface area (TPSA) is 191 Å². The average Bonchev–Trinajstić information content (AvgIpc) is 3.78. The predicted molar refractivity (Wildman–Crippen MR) is 182 cm³/mol. The molecular formula is C36H48N6O7. The lowest BCUT2D eigenvalue weighted by Gasteiger charge is -2.31. The molecule has 0 spiro atoms. The van der Waals surface area contributed by atoms with Crippen molar-refractivity contribution >= 4 is 35.5 Å². The number of hydrogen-bond donors (Lipinski definition) is 5. The highest BCUT2D eigenvalue weighted by Crippen LogP contribution is 2.22. The molecule has 264 valence electrons. The van der Waals surface area contributed by atoms with Crippen molar-refractivity contribution in [1.82, 2.24) is 25.8 Å². The molecule has 6 atom stereocenters. The molecule has 49 heavy (non-hydrogen) atoms. The SMILES string of the molecule is CC(C)[C@H](NC(=O)[C@@H](N)Cc1ccccc1)C(=O)N[C@@H](C)C(=O)N1CCC[C@H]1C(=O)N[C@@H](Cc1ccccc1)C(=O)N1CCCC1C(=O)O. The first-order chi connectivity index (χ1) is 23.4. The van der Waals surface area contributed by atoms with Gasteiger partial charge in [-0.25, -0.2) is 4.79 Å². The summed E-state index contributed by atoms with van der Waals surface area (Å²) >= 11 is 0. The van der Waals surface area contributed by atoms with E-state index >= 15 is 0 Å². The summed E-state index contributed by atoms with van der Waals surface area (Å²) in [5, 5.41) is 17.9. The van der Waals surface area contributed by atoms with E-state index in [2.05, 4.69) is 16.0 Å². The monoisotopic (exact) mass is 676 g/mol. The van der Waals surface area contributed by atoms with Crippen LogP contribution in [0.3, 0.4) is 0 Å². The van der Waals surface area contributed by atoms with Gasteiger partial charge in [-0.3, -0.25) is 24.0 Å². The maximum absolute atomic E-state index is 13.7. The number of rotatable bonds is 14. The Hall–Kier alpha value is -4.78. The molecule has 4 rings (SSSR count). The molecule has 2 saturated heterocycles. The van der Waals surface area contributed by atoms with Gasteiger partial charge >= 0.3 is 5.97 Å². The van der Waals surface area contributed by atoms with E-state index in [9.17, 15) is 33.9 Å². The van der Waals surface area contributed by atoms with E-state index in [0.29, 0.717) is 32.1 Å². The van der Waals surface area contributed by atoms with E-state index in [1.54, 1.807) is 13.8 Å². The van der Waals surface area contributed by atoms with E-state index in [0.717, 1.165) is 11.1 Å². The lowest BCUT2D eigenvalue weighted by molar-refractivity contribution is -0.149. The van der Waals surface area contributed by atoms with Crippen molar-refractivity contribution in [2.75, 3.05) is 13.1 Å². The first-order valence-electron chi connectivity index (χ1n) is 17.0. The van der Waals surface area contributed by atoms with Gasteiger partial charge in [-0.15, -0.1) is 0 Å². The molecule has 5 amide bonds. The van der Waals surface area contributed by atoms with Crippen molar-refractivity contribution in [3.8, 4) is 0 Å². The van der Waals surface area contributed by atoms with Crippen LogP contribution in [0.5, 0.6) is 0 Å². The van der Waals surface area contributed by atoms with Crippen LogP contribution < -0.4 is 21.7 Å². The Morgan fingerprint density at radius 1 is 0.735 bits per heavy atom. The fraction of sp³-hybridized carbons (Fsp3) is 0.500. The van der Waals surface area contributed by atoms with Crippen molar-refractivity contribution < 1.29 is 33.9 Å². The predicted octanol–water partition coefficient (Wildman–Crippen LogP) is 0.996. The maximum atomic E-state index is 13.7. The van der Waals surface area contributed by atoms with Crippen LogP contribution >= 0.6 is 0 Å². The lowest BCUT2D eigenvalue weighted by atomic mass is 10.0. The molecule has 13 nitrogen and oxygen atoms in total. The highest BCUT2D eigenvalue weighted by molar-refractivity contribution is 5.96. The Balaban J connectivity index is 1.40. The minimum absolute atomic E-state index is 0.151. The minimum Gasteiger partial charge on any atom is -0.480 e. The van der Waals surface area contributed by atoms with Gasteiger partial charge < -0.3 is 36.6 Å². The van der Waals surface area contributed by atoms with Crippen molar-refractivity contribution in [3.63, 3.8) is 0 Å². The second kappa shape index (κ2) is 17.0. The summed E-state index contributed by atoms with van der Waals surface area (Å²) in [6.45, 7) is 5.62. The first-order valence-corrected chi connectivity index (χ1v) is 17.0. The zero-order valence-electron chi connectivity index (χ0n) is 28.3. The van der Waals surface area contributed by atoms with Gasteiger partial charge in [0.2, 0.25) is 29.5 Å². The van der Waals surface area contributed by atoms with Gasteiger partial charge in [-0.2, -0.15) is 0 Å². The second-order valence-electron chi connectivity index (χ2n) is 13.2. The largest absolute Gasteiger partial charge is 0.480 e. The number of carboxylic acids is 1. The lowest BCUT2D eigenvalue weighted by Crippen LogP contribution is -2.59. The molecule has 13 heteroatoms. The molecule has 0 aromatic heterocycles. The van der Waals surface area contributed by atoms with Crippen LogP contribution in [0.25, 0.3) is 0 Å². The summed E-state index contributed by atoms with van der Waals surface area (Å²) < 4.78 is 0. The van der Waals surface area contributed by atoms with Crippen LogP contribution in [-0.2, 0) is 41.6 Å². The summed E-state index contributed by atoms with van der Waals surface area (Å²) in [4.78, 5) is 81.8. The number of benzene rings is 2. The number of carbonyl (C=O) groups is 6. The third kappa shape index (κ3) is 9.65. The van der Waals surface area contributed by atoms with Gasteiger partial charge in [-0.05, 0) is 56.1 Å². The number of carbonyl (C=O) groups excluding carboxylic acids is 5. The van der Waals surface area contributed by atoms with Gasteiger partial charge in [-0.1, -0.05) is 74.5 Å². The number of amides is 5. The Morgan fingerprint density at radius 3 is 1.82 bits per heavy atom. The number of hydrogen-bond acceptors (Lipinski definition) is 7. The highest BCUT2D eigenvalue weighted by Gasteiger charge is 2.41. The summed E-state index contributed by atoms with van der Waals surface area (Å²) in [7, 11) is 0. The quantitative estimate of drug-likeness (QED) is 0.196. The smallest absolute Gasteiger partial charge is 0.326 e. The molecule has 2 aliphatic heterocycles. The molecule has 2 aromatic carbocycles. The number of aliphatic carboxylic acids is 1. The average molecular weight is 677 g/mol. The Morgan fingerprint density at radius 2 is 1.27 bits per heavy atom. The van der Waals surface area contributed by atoms with Gasteiger partial charge in [0.1, 0.15) is 30.2 Å². The molecule has 2 aromatic rings. The van der Waals surface area contributed by atoms with E-state index in [-0.39, 0.29) is 25.4 Å². The van der Waals surface area contributed by atoms with Gasteiger partial charge in [0.05, 0.1) is 6.04 Å². The molecule has 0 saturated carbocycles. The second-order valence-corrected chi connectivity index (χ2v) is 13.2. The van der Waals surface area contributed by atoms with E-state index in [1.165, 1.54) is 16.7 Å². The number of carboxylic acid groups (broad SMARTS) is 1. The molecule has 2 fully saturated rings. The van der Waals surface area contributed by atoms with Gasteiger partial charge in [0, 0.05) is 19.5 Å². The van der Waals surface area contributed by atoms with E-state index in [4.69, 9.17) is 5.73 Å². The Kier molecular flexibility index (Phi) is 12.9. The summed E-state index contributed by atoms with van der Waals surface area (Å²) in [5.41, 5.74) is 7.81. The third-order valence-corrected chi connectivity index (χ3v) is 9.17. The summed E-state index contributed by atoms with van der Waals surface area (Å²) in [6.07, 6.45) is 2.23. The number of nitrogens with two attached hydrogens (primary N) is 1. The van der Waals surface area contributed by atoms with Crippen LogP contribution in [-0.4, -0.2) is 99.8 Å².